The topological polar surface area (TPSA) is 120 Å². The van der Waals surface area contributed by atoms with Gasteiger partial charge in [0.25, 0.3) is 0 Å². The molecule has 0 aromatic heterocycles. The molecule has 0 radical (unpaired) electrons. The van der Waals surface area contributed by atoms with E-state index in [1.165, 1.54) is 0 Å². The average molecular weight is 396 g/mol. The van der Waals surface area contributed by atoms with Crippen molar-refractivity contribution in [2.24, 2.45) is 5.73 Å². The molecule has 0 fully saturated rings. The largest absolute Gasteiger partial charge is 0.488 e. The van der Waals surface area contributed by atoms with Crippen LogP contribution in [0.4, 0.5) is 0 Å². The molecule has 1 atom stereocenters. The lowest BCUT2D eigenvalue weighted by Crippen LogP contribution is -2.42. The fourth-order valence-electron chi connectivity index (χ4n) is 2.32. The summed E-state index contributed by atoms with van der Waals surface area (Å²) >= 11 is 0. The first-order chi connectivity index (χ1) is 13.2. The Morgan fingerprint density at radius 2 is 1.68 bits per heavy atom. The molecule has 0 saturated heterocycles. The zero-order valence-electron chi connectivity index (χ0n) is 16.9. The molecule has 0 bridgehead atoms. The number of carbonyl (C=O) groups excluding carboxylic acids is 1. The third-order valence-electron chi connectivity index (χ3n) is 3.53. The highest BCUT2D eigenvalue weighted by Crippen LogP contribution is 2.19. The number of ether oxygens (including phenoxy) is 3. The van der Waals surface area contributed by atoms with Crippen LogP contribution in [0.1, 0.15) is 32.8 Å². The zero-order chi connectivity index (χ0) is 21.0. The number of hydrogen-bond donors (Lipinski definition) is 3. The van der Waals surface area contributed by atoms with Gasteiger partial charge in [-0.2, -0.15) is 0 Å². The SMILES string of the molecule is CC(C)(C)Oc1ccc(C[C@H](NC(=O)CCOCCOCCN)C(=O)O)cc1. The molecule has 1 aromatic carbocycles. The molecular formula is C20H32N2O6. The fourth-order valence-corrected chi connectivity index (χ4v) is 2.32. The Balaban J connectivity index is 2.42. The summed E-state index contributed by atoms with van der Waals surface area (Å²) < 4.78 is 16.2. The van der Waals surface area contributed by atoms with Crippen LogP contribution in [0.25, 0.3) is 0 Å². The van der Waals surface area contributed by atoms with Crippen molar-refractivity contribution in [1.82, 2.24) is 5.32 Å². The standard InChI is InChI=1S/C20H32N2O6/c1-20(2,3)28-16-6-4-15(5-7-16)14-17(19(24)25)22-18(23)8-10-26-12-13-27-11-9-21/h4-7,17H,8-14,21H2,1-3H3,(H,22,23)(H,24,25)/t17-/m0/s1. The molecule has 0 unspecified atom stereocenters. The molecule has 8 nitrogen and oxygen atoms in total. The Bertz CT molecular complexity index is 598. The third-order valence-corrected chi connectivity index (χ3v) is 3.53. The maximum Gasteiger partial charge on any atom is 0.326 e. The predicted octanol–water partition coefficient (Wildman–Crippen LogP) is 1.36. The van der Waals surface area contributed by atoms with Crippen LogP contribution in [-0.2, 0) is 25.5 Å². The summed E-state index contributed by atoms with van der Waals surface area (Å²) in [5, 5.41) is 11.9. The van der Waals surface area contributed by atoms with Crippen molar-refractivity contribution >= 4 is 11.9 Å². The lowest BCUT2D eigenvalue weighted by atomic mass is 10.1. The highest BCUT2D eigenvalue weighted by molar-refractivity contribution is 5.83. The first-order valence-corrected chi connectivity index (χ1v) is 9.37. The molecule has 0 aliphatic carbocycles. The van der Waals surface area contributed by atoms with Gasteiger partial charge in [0.2, 0.25) is 5.91 Å². The van der Waals surface area contributed by atoms with Gasteiger partial charge < -0.3 is 30.4 Å². The summed E-state index contributed by atoms with van der Waals surface area (Å²) in [6.07, 6.45) is 0.268. The van der Waals surface area contributed by atoms with Gasteiger partial charge in [-0.3, -0.25) is 4.79 Å². The van der Waals surface area contributed by atoms with Gasteiger partial charge in [-0.15, -0.1) is 0 Å². The Labute approximate surface area is 166 Å². The van der Waals surface area contributed by atoms with E-state index < -0.39 is 12.0 Å². The Morgan fingerprint density at radius 3 is 2.21 bits per heavy atom. The second kappa shape index (κ2) is 12.3. The van der Waals surface area contributed by atoms with Crippen molar-refractivity contribution in [1.29, 1.82) is 0 Å². The maximum absolute atomic E-state index is 12.0. The van der Waals surface area contributed by atoms with E-state index in [1.807, 2.05) is 20.8 Å². The van der Waals surface area contributed by atoms with E-state index in [0.29, 0.717) is 32.1 Å². The molecule has 4 N–H and O–H groups in total. The van der Waals surface area contributed by atoms with Gasteiger partial charge in [-0.1, -0.05) is 12.1 Å². The van der Waals surface area contributed by atoms with Crippen LogP contribution in [0.15, 0.2) is 24.3 Å². The number of aliphatic carboxylic acids is 1. The first kappa shape index (κ1) is 23.9. The second-order valence-electron chi connectivity index (χ2n) is 7.28. The molecular weight excluding hydrogens is 364 g/mol. The minimum absolute atomic E-state index is 0.0824. The van der Waals surface area contributed by atoms with Crippen LogP contribution in [0.3, 0.4) is 0 Å². The molecule has 28 heavy (non-hydrogen) atoms. The van der Waals surface area contributed by atoms with Crippen LogP contribution in [0.5, 0.6) is 5.75 Å². The predicted molar refractivity (Wildman–Crippen MR) is 105 cm³/mol. The van der Waals surface area contributed by atoms with Gasteiger partial charge in [0.05, 0.1) is 26.4 Å². The van der Waals surface area contributed by atoms with Gasteiger partial charge in [0, 0.05) is 19.4 Å². The van der Waals surface area contributed by atoms with E-state index in [4.69, 9.17) is 19.9 Å². The molecule has 0 saturated carbocycles. The summed E-state index contributed by atoms with van der Waals surface area (Å²) in [7, 11) is 0. The van der Waals surface area contributed by atoms with E-state index in [9.17, 15) is 14.7 Å². The van der Waals surface area contributed by atoms with E-state index in [0.717, 1.165) is 5.56 Å². The van der Waals surface area contributed by atoms with Crippen LogP contribution < -0.4 is 15.8 Å². The smallest absolute Gasteiger partial charge is 0.326 e. The van der Waals surface area contributed by atoms with E-state index in [2.05, 4.69) is 5.32 Å². The van der Waals surface area contributed by atoms with Crippen molar-refractivity contribution in [3.63, 3.8) is 0 Å². The summed E-state index contributed by atoms with van der Waals surface area (Å²) in [5.74, 6) is -0.748. The lowest BCUT2D eigenvalue weighted by Gasteiger charge is -2.21. The molecule has 1 rings (SSSR count). The molecule has 0 spiro atoms. The van der Waals surface area contributed by atoms with Crippen molar-refractivity contribution in [3.8, 4) is 5.75 Å². The Hall–Kier alpha value is -2.16. The van der Waals surface area contributed by atoms with Gasteiger partial charge >= 0.3 is 5.97 Å². The number of carboxylic acids is 1. The van der Waals surface area contributed by atoms with Gasteiger partial charge in [-0.25, -0.2) is 4.79 Å². The number of nitrogens with two attached hydrogens (primary N) is 1. The fraction of sp³-hybridized carbons (Fsp3) is 0.600. The molecule has 8 heteroatoms. The monoisotopic (exact) mass is 396 g/mol. The van der Waals surface area contributed by atoms with Gasteiger partial charge in [0.1, 0.15) is 17.4 Å². The zero-order valence-corrected chi connectivity index (χ0v) is 16.9. The molecule has 158 valence electrons. The van der Waals surface area contributed by atoms with Crippen LogP contribution >= 0.6 is 0 Å². The number of amides is 1. The van der Waals surface area contributed by atoms with E-state index >= 15 is 0 Å². The van der Waals surface area contributed by atoms with Gasteiger partial charge in [0.15, 0.2) is 0 Å². The summed E-state index contributed by atoms with van der Waals surface area (Å²) in [6, 6.07) is 6.18. The highest BCUT2D eigenvalue weighted by atomic mass is 16.5. The molecule has 0 aliphatic rings. The number of carbonyl (C=O) groups is 2. The summed E-state index contributed by atoms with van der Waals surface area (Å²) in [4.78, 5) is 23.4. The van der Waals surface area contributed by atoms with Crippen LogP contribution in [0.2, 0.25) is 0 Å². The van der Waals surface area contributed by atoms with E-state index in [-0.39, 0.29) is 31.0 Å². The Morgan fingerprint density at radius 1 is 1.07 bits per heavy atom. The minimum atomic E-state index is -1.08. The first-order valence-electron chi connectivity index (χ1n) is 9.37. The quantitative estimate of drug-likeness (QED) is 0.431. The third kappa shape index (κ3) is 10.9. The van der Waals surface area contributed by atoms with Crippen molar-refractivity contribution in [2.75, 3.05) is 33.0 Å². The van der Waals surface area contributed by atoms with Crippen molar-refractivity contribution < 1.29 is 28.9 Å². The molecule has 1 aromatic rings. The molecule has 1 amide bonds. The lowest BCUT2D eigenvalue weighted by molar-refractivity contribution is -0.142. The molecule has 0 aliphatic heterocycles. The number of rotatable bonds is 13. The van der Waals surface area contributed by atoms with Crippen LogP contribution in [-0.4, -0.2) is 61.6 Å². The van der Waals surface area contributed by atoms with E-state index in [1.54, 1.807) is 24.3 Å². The maximum atomic E-state index is 12.0. The minimum Gasteiger partial charge on any atom is -0.488 e. The second-order valence-corrected chi connectivity index (χ2v) is 7.28. The number of hydrogen-bond acceptors (Lipinski definition) is 6. The summed E-state index contributed by atoms with van der Waals surface area (Å²) in [6.45, 7) is 7.74. The average Bonchev–Trinajstić information content (AvgIpc) is 2.60. The van der Waals surface area contributed by atoms with Gasteiger partial charge in [-0.05, 0) is 38.5 Å². The van der Waals surface area contributed by atoms with Crippen molar-refractivity contribution in [2.45, 2.75) is 45.3 Å². The Kier molecular flexibility index (Phi) is 10.5. The number of benzene rings is 1. The summed E-state index contributed by atoms with van der Waals surface area (Å²) in [5.41, 5.74) is 5.78. The molecule has 0 heterocycles. The number of nitrogens with one attached hydrogen (secondary N) is 1. The normalized spacial score (nSPS) is 12.4. The number of carboxylic acid groups (broad SMARTS) is 1. The van der Waals surface area contributed by atoms with Crippen LogP contribution in [0, 0.1) is 0 Å². The van der Waals surface area contributed by atoms with Crippen molar-refractivity contribution in [3.05, 3.63) is 29.8 Å². The highest BCUT2D eigenvalue weighted by Gasteiger charge is 2.20.